The average Bonchev–Trinajstić information content (AvgIpc) is 3.02. The summed E-state index contributed by atoms with van der Waals surface area (Å²) in [5.74, 6) is 1.00. The summed E-state index contributed by atoms with van der Waals surface area (Å²) in [6.45, 7) is 1.96. The third kappa shape index (κ3) is 7.19. The van der Waals surface area contributed by atoms with E-state index in [2.05, 4.69) is 24.3 Å². The molecule has 1 fully saturated rings. The average molecular weight is 336 g/mol. The maximum atomic E-state index is 9.21. The van der Waals surface area contributed by atoms with Gasteiger partial charge in [0.25, 0.3) is 0 Å². The fourth-order valence-corrected chi connectivity index (χ4v) is 4.25. The first-order valence-electron chi connectivity index (χ1n) is 9.24. The van der Waals surface area contributed by atoms with Gasteiger partial charge in [-0.1, -0.05) is 44.6 Å². The van der Waals surface area contributed by atoms with Crippen LogP contribution in [-0.2, 0) is 6.42 Å². The van der Waals surface area contributed by atoms with E-state index < -0.39 is 5.54 Å². The first-order valence-corrected chi connectivity index (χ1v) is 10.1. The smallest absolute Gasteiger partial charge is 0.0608 e. The highest BCUT2D eigenvalue weighted by Gasteiger charge is 2.16. The molecule has 130 valence electrons. The second-order valence-corrected chi connectivity index (χ2v) is 8.65. The summed E-state index contributed by atoms with van der Waals surface area (Å²) in [6, 6.07) is 4.39. The van der Waals surface area contributed by atoms with Crippen molar-refractivity contribution in [3.63, 3.8) is 0 Å². The Kier molecular flexibility index (Phi) is 7.81. The molecule has 1 aromatic rings. The molecule has 2 rings (SSSR count). The van der Waals surface area contributed by atoms with E-state index >= 15 is 0 Å². The van der Waals surface area contributed by atoms with Crippen LogP contribution < -0.4 is 5.73 Å². The van der Waals surface area contributed by atoms with Gasteiger partial charge in [0.1, 0.15) is 0 Å². The summed E-state index contributed by atoms with van der Waals surface area (Å²) in [5.41, 5.74) is 5.53. The predicted molar refractivity (Wildman–Crippen MR) is 102 cm³/mol. The monoisotopic (exact) mass is 335 g/mol. The molecule has 0 aromatic carbocycles. The van der Waals surface area contributed by atoms with Crippen molar-refractivity contribution in [2.45, 2.75) is 76.7 Å². The number of allylic oxidation sites excluding steroid dienone is 1. The zero-order valence-electron chi connectivity index (χ0n) is 14.6. The number of hydrogen-bond acceptors (Lipinski definition) is 3. The van der Waals surface area contributed by atoms with E-state index in [1.807, 2.05) is 18.3 Å². The van der Waals surface area contributed by atoms with Crippen LogP contribution in [0.4, 0.5) is 0 Å². The molecule has 0 radical (unpaired) electrons. The number of hydrogen-bond donors (Lipinski definition) is 2. The van der Waals surface area contributed by atoms with Gasteiger partial charge in [-0.25, -0.2) is 0 Å². The molecule has 3 heteroatoms. The highest BCUT2D eigenvalue weighted by molar-refractivity contribution is 7.12. The molecule has 0 bridgehead atoms. The zero-order chi connectivity index (χ0) is 16.5. The Bertz CT molecular complexity index is 472. The van der Waals surface area contributed by atoms with E-state index in [0.717, 1.165) is 18.8 Å². The van der Waals surface area contributed by atoms with Crippen molar-refractivity contribution in [1.29, 1.82) is 0 Å². The number of aliphatic hydroxyl groups excluding tert-OH is 1. The van der Waals surface area contributed by atoms with Crippen molar-refractivity contribution in [3.05, 3.63) is 28.0 Å². The lowest BCUT2D eigenvalue weighted by molar-refractivity contribution is 0.201. The van der Waals surface area contributed by atoms with Crippen molar-refractivity contribution in [2.75, 3.05) is 6.61 Å². The van der Waals surface area contributed by atoms with Gasteiger partial charge >= 0.3 is 0 Å². The Balaban J connectivity index is 1.65. The maximum Gasteiger partial charge on any atom is 0.0608 e. The molecule has 1 unspecified atom stereocenters. The van der Waals surface area contributed by atoms with Gasteiger partial charge in [-0.15, -0.1) is 11.3 Å². The standard InChI is InChI=1S/C20H33NOS/c1-20(21,16-22)15-14-19-13-12-18(23-19)11-7-3-6-10-17-8-4-2-5-9-17/h7,11-13,17,22H,2-6,8-10,14-16,21H2,1H3. The summed E-state index contributed by atoms with van der Waals surface area (Å²) in [4.78, 5) is 2.69. The van der Waals surface area contributed by atoms with Crippen molar-refractivity contribution in [1.82, 2.24) is 0 Å². The molecule has 1 atom stereocenters. The van der Waals surface area contributed by atoms with Crippen LogP contribution in [0.2, 0.25) is 0 Å². The van der Waals surface area contributed by atoms with Crippen LogP contribution >= 0.6 is 11.3 Å². The third-order valence-electron chi connectivity index (χ3n) is 4.98. The molecule has 1 heterocycles. The number of rotatable bonds is 9. The molecule has 0 spiro atoms. The fourth-order valence-electron chi connectivity index (χ4n) is 3.31. The third-order valence-corrected chi connectivity index (χ3v) is 6.09. The highest BCUT2D eigenvalue weighted by atomic mass is 32.1. The largest absolute Gasteiger partial charge is 0.394 e. The van der Waals surface area contributed by atoms with Gasteiger partial charge < -0.3 is 10.8 Å². The number of aryl methyl sites for hydroxylation is 1. The number of aliphatic hydroxyl groups is 1. The van der Waals surface area contributed by atoms with Crippen LogP contribution in [0.3, 0.4) is 0 Å². The lowest BCUT2D eigenvalue weighted by Gasteiger charge is -2.20. The summed E-state index contributed by atoms with van der Waals surface area (Å²) < 4.78 is 0. The summed E-state index contributed by atoms with van der Waals surface area (Å²) in [7, 11) is 0. The molecule has 1 aliphatic carbocycles. The molecule has 2 nitrogen and oxygen atoms in total. The maximum absolute atomic E-state index is 9.21. The van der Waals surface area contributed by atoms with Gasteiger partial charge in [-0.05, 0) is 56.7 Å². The molecular formula is C20H33NOS. The first kappa shape index (κ1) is 18.7. The van der Waals surface area contributed by atoms with E-state index in [-0.39, 0.29) is 6.61 Å². The number of unbranched alkanes of at least 4 members (excludes halogenated alkanes) is 1. The van der Waals surface area contributed by atoms with Crippen molar-refractivity contribution in [2.24, 2.45) is 11.7 Å². The van der Waals surface area contributed by atoms with Crippen LogP contribution in [0, 0.1) is 5.92 Å². The second kappa shape index (κ2) is 9.61. The minimum Gasteiger partial charge on any atom is -0.394 e. The van der Waals surface area contributed by atoms with E-state index in [1.54, 1.807) is 0 Å². The van der Waals surface area contributed by atoms with Gasteiger partial charge in [-0.3, -0.25) is 0 Å². The summed E-state index contributed by atoms with van der Waals surface area (Å²) in [6.07, 6.45) is 17.6. The van der Waals surface area contributed by atoms with Gasteiger partial charge in [0, 0.05) is 15.3 Å². The fraction of sp³-hybridized carbons (Fsp3) is 0.700. The molecule has 0 saturated heterocycles. The Labute approximate surface area is 145 Å². The minimum absolute atomic E-state index is 0.0477. The SMILES string of the molecule is CC(N)(CO)CCc1ccc(C=CCCCC2CCCCC2)s1. The van der Waals surface area contributed by atoms with Crippen LogP contribution in [0.25, 0.3) is 6.08 Å². The number of thiophene rings is 1. The van der Waals surface area contributed by atoms with Gasteiger partial charge in [-0.2, -0.15) is 0 Å². The van der Waals surface area contributed by atoms with E-state index in [9.17, 15) is 5.11 Å². The lowest BCUT2D eigenvalue weighted by atomic mass is 9.86. The second-order valence-electron chi connectivity index (χ2n) is 7.45. The van der Waals surface area contributed by atoms with E-state index in [0.29, 0.717) is 0 Å². The summed E-state index contributed by atoms with van der Waals surface area (Å²) >= 11 is 1.85. The van der Waals surface area contributed by atoms with E-state index in [4.69, 9.17) is 5.73 Å². The van der Waals surface area contributed by atoms with Gasteiger partial charge in [0.15, 0.2) is 0 Å². The molecule has 23 heavy (non-hydrogen) atoms. The van der Waals surface area contributed by atoms with E-state index in [1.165, 1.54) is 61.1 Å². The van der Waals surface area contributed by atoms with Gasteiger partial charge in [0.05, 0.1) is 6.61 Å². The molecule has 3 N–H and O–H groups in total. The van der Waals surface area contributed by atoms with Crippen LogP contribution in [0.15, 0.2) is 18.2 Å². The van der Waals surface area contributed by atoms with Crippen LogP contribution in [0.1, 0.15) is 74.5 Å². The van der Waals surface area contributed by atoms with Crippen molar-refractivity contribution in [3.8, 4) is 0 Å². The molecule has 1 saturated carbocycles. The Hall–Kier alpha value is -0.640. The molecule has 1 aliphatic rings. The Morgan fingerprint density at radius 2 is 2.09 bits per heavy atom. The topological polar surface area (TPSA) is 46.2 Å². The van der Waals surface area contributed by atoms with Crippen molar-refractivity contribution >= 4 is 17.4 Å². The normalized spacial score (nSPS) is 19.3. The molecular weight excluding hydrogens is 302 g/mol. The Morgan fingerprint density at radius 1 is 1.30 bits per heavy atom. The highest BCUT2D eigenvalue weighted by Crippen LogP contribution is 2.28. The van der Waals surface area contributed by atoms with Crippen LogP contribution in [-0.4, -0.2) is 17.3 Å². The zero-order valence-corrected chi connectivity index (χ0v) is 15.4. The molecule has 1 aromatic heterocycles. The minimum atomic E-state index is -0.459. The Morgan fingerprint density at radius 3 is 2.83 bits per heavy atom. The number of nitrogens with two attached hydrogens (primary N) is 1. The van der Waals surface area contributed by atoms with Gasteiger partial charge in [0.2, 0.25) is 0 Å². The molecule has 0 amide bonds. The predicted octanol–water partition coefficient (Wildman–Crippen LogP) is 5.15. The van der Waals surface area contributed by atoms with Crippen molar-refractivity contribution < 1.29 is 5.11 Å². The quantitative estimate of drug-likeness (QED) is 0.613. The van der Waals surface area contributed by atoms with Crippen LogP contribution in [0.5, 0.6) is 0 Å². The molecule has 0 aliphatic heterocycles. The summed E-state index contributed by atoms with van der Waals surface area (Å²) in [5, 5.41) is 9.21. The lowest BCUT2D eigenvalue weighted by Crippen LogP contribution is -2.40. The first-order chi connectivity index (χ1) is 11.1.